The smallest absolute Gasteiger partial charge is 0.244 e. The van der Waals surface area contributed by atoms with Crippen LogP contribution in [-0.2, 0) is 23.2 Å². The third-order valence-electron chi connectivity index (χ3n) is 4.22. The molecule has 0 saturated carbocycles. The number of hydrogen-bond acceptors (Lipinski definition) is 5. The molecule has 0 spiro atoms. The summed E-state index contributed by atoms with van der Waals surface area (Å²) >= 11 is 0. The van der Waals surface area contributed by atoms with Crippen LogP contribution in [0.2, 0.25) is 0 Å². The van der Waals surface area contributed by atoms with Crippen molar-refractivity contribution in [3.63, 3.8) is 0 Å². The van der Waals surface area contributed by atoms with Gasteiger partial charge in [-0.2, -0.15) is 0 Å². The molecule has 1 aromatic heterocycles. The molecular formula is C23H26FN3O3S. The zero-order valence-corrected chi connectivity index (χ0v) is 18.5. The number of benzene rings is 2. The van der Waals surface area contributed by atoms with Gasteiger partial charge in [0.2, 0.25) is 10.0 Å². The van der Waals surface area contributed by atoms with Crippen molar-refractivity contribution in [3.8, 4) is 5.75 Å². The van der Waals surface area contributed by atoms with Crippen molar-refractivity contribution in [2.45, 2.75) is 44.4 Å². The molecule has 164 valence electrons. The van der Waals surface area contributed by atoms with Crippen molar-refractivity contribution in [1.82, 2.24) is 9.71 Å². The van der Waals surface area contributed by atoms with Crippen LogP contribution in [0.5, 0.6) is 5.75 Å². The summed E-state index contributed by atoms with van der Waals surface area (Å²) in [6.07, 6.45) is 1.71. The zero-order valence-electron chi connectivity index (χ0n) is 17.7. The number of halogens is 1. The van der Waals surface area contributed by atoms with Gasteiger partial charge in [-0.05, 0) is 57.2 Å². The normalized spacial score (nSPS) is 11.9. The van der Waals surface area contributed by atoms with Gasteiger partial charge < -0.3 is 10.1 Å². The average Bonchev–Trinajstić information content (AvgIpc) is 2.71. The van der Waals surface area contributed by atoms with E-state index in [0.717, 1.165) is 17.3 Å². The van der Waals surface area contributed by atoms with Crippen LogP contribution in [0.15, 0.2) is 71.8 Å². The molecule has 0 radical (unpaired) electrons. The zero-order chi connectivity index (χ0) is 22.5. The maximum atomic E-state index is 14.3. The lowest BCUT2D eigenvalue weighted by Crippen LogP contribution is -2.40. The summed E-state index contributed by atoms with van der Waals surface area (Å²) in [6.45, 7) is 5.80. The second kappa shape index (κ2) is 9.45. The van der Waals surface area contributed by atoms with E-state index in [1.54, 1.807) is 27.0 Å². The molecule has 3 rings (SSSR count). The molecule has 6 nitrogen and oxygen atoms in total. The molecule has 0 amide bonds. The van der Waals surface area contributed by atoms with Crippen molar-refractivity contribution < 1.29 is 17.5 Å². The van der Waals surface area contributed by atoms with E-state index in [0.29, 0.717) is 24.6 Å². The molecule has 0 aliphatic carbocycles. The molecule has 0 bridgehead atoms. The monoisotopic (exact) mass is 443 g/mol. The minimum atomic E-state index is -4.00. The van der Waals surface area contributed by atoms with Crippen molar-refractivity contribution in [3.05, 3.63) is 83.9 Å². The number of anilines is 1. The fourth-order valence-corrected chi connectivity index (χ4v) is 4.42. The lowest BCUT2D eigenvalue weighted by atomic mass is 10.1. The minimum Gasteiger partial charge on any atom is -0.487 e. The molecule has 0 aliphatic rings. The second-order valence-corrected chi connectivity index (χ2v) is 9.72. The standard InChI is InChI=1S/C23H26FN3O3S/c1-23(2,3)27-31(28,29)22-14-18(11-12-20(22)24)26-15-17-8-4-5-10-21(17)30-16-19-9-6-7-13-25-19/h4-14,26-27H,15-16H2,1-3H3. The largest absolute Gasteiger partial charge is 0.487 e. The topological polar surface area (TPSA) is 80.3 Å². The van der Waals surface area contributed by atoms with Gasteiger partial charge in [0.25, 0.3) is 0 Å². The molecular weight excluding hydrogens is 417 g/mol. The Bertz CT molecular complexity index is 1130. The molecule has 1 heterocycles. The molecule has 3 aromatic rings. The Balaban J connectivity index is 1.73. The van der Waals surface area contributed by atoms with Crippen molar-refractivity contribution in [2.75, 3.05) is 5.32 Å². The van der Waals surface area contributed by atoms with E-state index >= 15 is 0 Å². The number of nitrogens with one attached hydrogen (secondary N) is 2. The van der Waals surface area contributed by atoms with E-state index in [-0.39, 0.29) is 0 Å². The van der Waals surface area contributed by atoms with Gasteiger partial charge in [0.1, 0.15) is 23.1 Å². The Morgan fingerprint density at radius 1 is 1.03 bits per heavy atom. The molecule has 0 saturated heterocycles. The number of nitrogens with zero attached hydrogens (tertiary/aromatic N) is 1. The predicted octanol–water partition coefficient (Wildman–Crippen LogP) is 4.49. The highest BCUT2D eigenvalue weighted by Crippen LogP contribution is 2.24. The Morgan fingerprint density at radius 2 is 1.77 bits per heavy atom. The van der Waals surface area contributed by atoms with Gasteiger partial charge in [-0.15, -0.1) is 0 Å². The molecule has 8 heteroatoms. The van der Waals surface area contributed by atoms with E-state index in [2.05, 4.69) is 15.0 Å². The predicted molar refractivity (Wildman–Crippen MR) is 119 cm³/mol. The SMILES string of the molecule is CC(C)(C)NS(=O)(=O)c1cc(NCc2ccccc2OCc2ccccn2)ccc1F. The van der Waals surface area contributed by atoms with Gasteiger partial charge in [-0.1, -0.05) is 24.3 Å². The molecule has 0 atom stereocenters. The minimum absolute atomic E-state index is 0.329. The molecule has 31 heavy (non-hydrogen) atoms. The summed E-state index contributed by atoms with van der Waals surface area (Å²) in [4.78, 5) is 3.85. The summed E-state index contributed by atoms with van der Waals surface area (Å²) in [5.74, 6) is -0.119. The number of sulfonamides is 1. The third-order valence-corrected chi connectivity index (χ3v) is 5.99. The van der Waals surface area contributed by atoms with Crippen LogP contribution < -0.4 is 14.8 Å². The number of para-hydroxylation sites is 1. The Hall–Kier alpha value is -2.97. The first kappa shape index (κ1) is 22.7. The van der Waals surface area contributed by atoms with Crippen LogP contribution in [0.3, 0.4) is 0 Å². The maximum absolute atomic E-state index is 14.3. The lowest BCUT2D eigenvalue weighted by Gasteiger charge is -2.21. The first-order valence-electron chi connectivity index (χ1n) is 9.82. The highest BCUT2D eigenvalue weighted by atomic mass is 32.2. The summed E-state index contributed by atoms with van der Waals surface area (Å²) in [5.41, 5.74) is 1.44. The highest BCUT2D eigenvalue weighted by molar-refractivity contribution is 7.89. The summed E-state index contributed by atoms with van der Waals surface area (Å²) in [7, 11) is -4.00. The lowest BCUT2D eigenvalue weighted by molar-refractivity contribution is 0.298. The van der Waals surface area contributed by atoms with Crippen LogP contribution in [0, 0.1) is 5.82 Å². The Morgan fingerprint density at radius 3 is 2.48 bits per heavy atom. The van der Waals surface area contributed by atoms with Gasteiger partial charge in [-0.3, -0.25) is 4.98 Å². The van der Waals surface area contributed by atoms with E-state index in [9.17, 15) is 12.8 Å². The van der Waals surface area contributed by atoms with Crippen LogP contribution in [0.4, 0.5) is 10.1 Å². The first-order valence-corrected chi connectivity index (χ1v) is 11.3. The third kappa shape index (κ3) is 6.50. The average molecular weight is 444 g/mol. The fraction of sp³-hybridized carbons (Fsp3) is 0.261. The quantitative estimate of drug-likeness (QED) is 0.536. The number of pyridine rings is 1. The highest BCUT2D eigenvalue weighted by Gasteiger charge is 2.25. The van der Waals surface area contributed by atoms with Gasteiger partial charge in [0.05, 0.1) is 5.69 Å². The van der Waals surface area contributed by atoms with Crippen molar-refractivity contribution >= 4 is 15.7 Å². The van der Waals surface area contributed by atoms with Crippen molar-refractivity contribution in [2.24, 2.45) is 0 Å². The van der Waals surface area contributed by atoms with E-state index < -0.39 is 26.3 Å². The first-order chi connectivity index (χ1) is 14.6. The molecule has 0 aliphatic heterocycles. The number of aromatic nitrogens is 1. The number of rotatable bonds is 8. The summed E-state index contributed by atoms with van der Waals surface area (Å²) in [5, 5.41) is 3.15. The second-order valence-electron chi connectivity index (χ2n) is 8.07. The Kier molecular flexibility index (Phi) is 6.92. The Labute approximate surface area is 182 Å². The van der Waals surface area contributed by atoms with Crippen LogP contribution >= 0.6 is 0 Å². The number of ether oxygens (including phenoxy) is 1. The van der Waals surface area contributed by atoms with E-state index in [1.165, 1.54) is 12.1 Å². The van der Waals surface area contributed by atoms with E-state index in [4.69, 9.17) is 4.74 Å². The maximum Gasteiger partial charge on any atom is 0.244 e. The van der Waals surface area contributed by atoms with Crippen LogP contribution in [-0.4, -0.2) is 18.9 Å². The van der Waals surface area contributed by atoms with Crippen molar-refractivity contribution in [1.29, 1.82) is 0 Å². The van der Waals surface area contributed by atoms with Gasteiger partial charge in [0, 0.05) is 29.5 Å². The molecule has 0 fully saturated rings. The van der Waals surface area contributed by atoms with E-state index in [1.807, 2.05) is 42.5 Å². The molecule has 0 unspecified atom stereocenters. The van der Waals surface area contributed by atoms with Gasteiger partial charge >= 0.3 is 0 Å². The summed E-state index contributed by atoms with van der Waals surface area (Å²) < 4.78 is 47.8. The molecule has 2 N–H and O–H groups in total. The number of hydrogen-bond donors (Lipinski definition) is 2. The van der Waals surface area contributed by atoms with Gasteiger partial charge in [-0.25, -0.2) is 17.5 Å². The van der Waals surface area contributed by atoms with Crippen LogP contribution in [0.25, 0.3) is 0 Å². The fourth-order valence-electron chi connectivity index (χ4n) is 2.90. The van der Waals surface area contributed by atoms with Crippen LogP contribution in [0.1, 0.15) is 32.0 Å². The van der Waals surface area contributed by atoms with Gasteiger partial charge in [0.15, 0.2) is 0 Å². The molecule has 2 aromatic carbocycles. The summed E-state index contributed by atoms with van der Waals surface area (Å²) in [6, 6.07) is 17.1.